The Balaban J connectivity index is 1.70. The maximum atomic E-state index is 13.3. The number of nitrogens with one attached hydrogen (secondary N) is 1. The lowest BCUT2D eigenvalue weighted by molar-refractivity contribution is -0.143. The van der Waals surface area contributed by atoms with Gasteiger partial charge in [-0.1, -0.05) is 36.4 Å². The summed E-state index contributed by atoms with van der Waals surface area (Å²) in [6.45, 7) is 0.975. The van der Waals surface area contributed by atoms with E-state index in [9.17, 15) is 23.6 Å². The number of hydrogen-bond donors (Lipinski definition) is 1. The van der Waals surface area contributed by atoms with Crippen LogP contribution in [0.3, 0.4) is 0 Å². The molecule has 27 heavy (non-hydrogen) atoms. The Labute approximate surface area is 154 Å². The smallest absolute Gasteiger partial charge is 0.324 e. The van der Waals surface area contributed by atoms with Gasteiger partial charge in [-0.05, 0) is 30.2 Å². The number of urea groups is 1. The number of carbonyl (C=O) groups is 4. The molecule has 1 N–H and O–H groups in total. The van der Waals surface area contributed by atoms with E-state index in [-0.39, 0.29) is 12.2 Å². The second-order valence-electron chi connectivity index (χ2n) is 6.06. The van der Waals surface area contributed by atoms with Crippen molar-refractivity contribution in [1.29, 1.82) is 0 Å². The molecule has 1 fully saturated rings. The Hall–Kier alpha value is -3.55. The zero-order valence-corrected chi connectivity index (χ0v) is 14.4. The maximum absolute atomic E-state index is 13.3. The Bertz CT molecular complexity index is 930. The van der Waals surface area contributed by atoms with Gasteiger partial charge in [-0.3, -0.25) is 19.3 Å². The number of nitrogens with zero attached hydrogens (tertiary/aromatic N) is 2. The molecule has 0 aromatic heterocycles. The van der Waals surface area contributed by atoms with E-state index >= 15 is 0 Å². The minimum atomic E-state index is -1.07. The number of halogens is 1. The van der Waals surface area contributed by atoms with Gasteiger partial charge < -0.3 is 5.32 Å². The summed E-state index contributed by atoms with van der Waals surface area (Å²) in [4.78, 5) is 50.2. The van der Waals surface area contributed by atoms with Crippen LogP contribution in [0, 0.1) is 12.7 Å². The molecular formula is C19H16FN3O4. The minimum Gasteiger partial charge on any atom is -0.324 e. The number of imide groups is 2. The molecule has 3 rings (SSSR count). The number of rotatable bonds is 5. The van der Waals surface area contributed by atoms with Crippen LogP contribution in [0.2, 0.25) is 0 Å². The van der Waals surface area contributed by atoms with Gasteiger partial charge in [-0.2, -0.15) is 0 Å². The summed E-state index contributed by atoms with van der Waals surface area (Å²) in [6.07, 6.45) is 0. The first-order valence-electron chi connectivity index (χ1n) is 8.14. The van der Waals surface area contributed by atoms with Crippen LogP contribution >= 0.6 is 0 Å². The highest BCUT2D eigenvalue weighted by Gasteiger charge is 2.45. The summed E-state index contributed by atoms with van der Waals surface area (Å²) in [6, 6.07) is 11.7. The highest BCUT2D eigenvalue weighted by Crippen LogP contribution is 2.18. The summed E-state index contributed by atoms with van der Waals surface area (Å²) in [5.74, 6) is -3.30. The third-order valence-electron chi connectivity index (χ3n) is 4.09. The predicted octanol–water partition coefficient (Wildman–Crippen LogP) is 2.06. The van der Waals surface area contributed by atoms with Crippen LogP contribution in [0.25, 0.3) is 0 Å². The summed E-state index contributed by atoms with van der Waals surface area (Å²) in [5.41, 5.74) is 1.52. The Morgan fingerprint density at radius 2 is 1.67 bits per heavy atom. The lowest BCUT2D eigenvalue weighted by Gasteiger charge is -2.16. The molecule has 0 radical (unpaired) electrons. The van der Waals surface area contributed by atoms with Crippen molar-refractivity contribution in [2.24, 2.45) is 0 Å². The van der Waals surface area contributed by atoms with E-state index in [1.807, 2.05) is 0 Å². The molecule has 0 saturated carbocycles. The lowest BCUT2D eigenvalue weighted by atomic mass is 10.2. The number of benzene rings is 2. The van der Waals surface area contributed by atoms with Crippen LogP contribution in [0.5, 0.6) is 0 Å². The first kappa shape index (κ1) is 18.2. The average Bonchev–Trinajstić information content (AvgIpc) is 2.84. The van der Waals surface area contributed by atoms with Gasteiger partial charge >= 0.3 is 17.8 Å². The predicted molar refractivity (Wildman–Crippen MR) is 93.9 cm³/mol. The van der Waals surface area contributed by atoms with E-state index in [1.54, 1.807) is 37.3 Å². The third kappa shape index (κ3) is 3.84. The van der Waals surface area contributed by atoms with Crippen molar-refractivity contribution in [3.8, 4) is 0 Å². The van der Waals surface area contributed by atoms with E-state index < -0.39 is 36.1 Å². The molecule has 0 bridgehead atoms. The van der Waals surface area contributed by atoms with Crippen LogP contribution in [0.1, 0.15) is 11.1 Å². The molecule has 1 aliphatic heterocycles. The molecule has 138 valence electrons. The van der Waals surface area contributed by atoms with E-state index in [4.69, 9.17) is 0 Å². The molecule has 1 aliphatic rings. The fraction of sp³-hybridized carbons (Fsp3) is 0.158. The van der Waals surface area contributed by atoms with Gasteiger partial charge in [0.15, 0.2) is 0 Å². The number of anilines is 1. The Morgan fingerprint density at radius 1 is 1.00 bits per heavy atom. The zero-order valence-electron chi connectivity index (χ0n) is 14.4. The highest BCUT2D eigenvalue weighted by molar-refractivity contribution is 6.45. The SMILES string of the molecule is Cc1ccc(F)cc1NC(=O)CN1C(=O)C(=O)N(Cc2ccccc2)C1=O. The summed E-state index contributed by atoms with van der Waals surface area (Å²) >= 11 is 0. The topological polar surface area (TPSA) is 86.8 Å². The van der Waals surface area contributed by atoms with Crippen molar-refractivity contribution in [2.45, 2.75) is 13.5 Å². The summed E-state index contributed by atoms with van der Waals surface area (Å²) < 4.78 is 13.3. The Kier molecular flexibility index (Phi) is 4.98. The molecule has 1 heterocycles. The van der Waals surface area contributed by atoms with Crippen LogP contribution in [0.15, 0.2) is 48.5 Å². The molecule has 7 nitrogen and oxygen atoms in total. The zero-order chi connectivity index (χ0) is 19.6. The third-order valence-corrected chi connectivity index (χ3v) is 4.09. The molecule has 2 aromatic rings. The van der Waals surface area contributed by atoms with Crippen LogP contribution in [-0.4, -0.2) is 40.1 Å². The minimum absolute atomic E-state index is 0.0641. The van der Waals surface area contributed by atoms with Crippen molar-refractivity contribution >= 4 is 29.4 Å². The quantitative estimate of drug-likeness (QED) is 0.646. The number of hydrogen-bond acceptors (Lipinski definition) is 4. The standard InChI is InChI=1S/C19H16FN3O4/c1-12-7-8-14(20)9-15(12)21-16(24)11-23-18(26)17(25)22(19(23)27)10-13-5-3-2-4-6-13/h2-9H,10-11H2,1H3,(H,21,24). The normalized spacial score (nSPS) is 14.1. The van der Waals surface area contributed by atoms with Gasteiger partial charge in [0.2, 0.25) is 5.91 Å². The van der Waals surface area contributed by atoms with Gasteiger partial charge in [0.05, 0.1) is 6.54 Å². The highest BCUT2D eigenvalue weighted by atomic mass is 19.1. The van der Waals surface area contributed by atoms with Crippen LogP contribution < -0.4 is 5.32 Å². The van der Waals surface area contributed by atoms with Crippen molar-refractivity contribution in [1.82, 2.24) is 9.80 Å². The molecule has 8 heteroatoms. The molecule has 5 amide bonds. The van der Waals surface area contributed by atoms with Gasteiger partial charge in [-0.25, -0.2) is 14.1 Å². The van der Waals surface area contributed by atoms with Crippen molar-refractivity contribution < 1.29 is 23.6 Å². The van der Waals surface area contributed by atoms with Crippen molar-refractivity contribution in [3.05, 3.63) is 65.5 Å². The van der Waals surface area contributed by atoms with E-state index in [0.717, 1.165) is 11.0 Å². The van der Waals surface area contributed by atoms with Crippen LogP contribution in [-0.2, 0) is 20.9 Å². The van der Waals surface area contributed by atoms with E-state index in [2.05, 4.69) is 5.32 Å². The van der Waals surface area contributed by atoms with E-state index in [1.165, 1.54) is 12.1 Å². The molecule has 0 unspecified atom stereocenters. The van der Waals surface area contributed by atoms with Gasteiger partial charge in [-0.15, -0.1) is 0 Å². The van der Waals surface area contributed by atoms with Gasteiger partial charge in [0, 0.05) is 5.69 Å². The largest absolute Gasteiger partial charge is 0.335 e. The molecule has 0 aliphatic carbocycles. The fourth-order valence-corrected chi connectivity index (χ4v) is 2.66. The summed E-state index contributed by atoms with van der Waals surface area (Å²) in [7, 11) is 0. The molecule has 0 atom stereocenters. The van der Waals surface area contributed by atoms with Gasteiger partial charge in [0.1, 0.15) is 12.4 Å². The number of carbonyl (C=O) groups excluding carboxylic acids is 4. The fourth-order valence-electron chi connectivity index (χ4n) is 2.66. The van der Waals surface area contributed by atoms with Gasteiger partial charge in [0.25, 0.3) is 0 Å². The average molecular weight is 369 g/mol. The first-order chi connectivity index (χ1) is 12.9. The monoisotopic (exact) mass is 369 g/mol. The van der Waals surface area contributed by atoms with Crippen molar-refractivity contribution in [2.75, 3.05) is 11.9 Å². The number of aryl methyl sites for hydroxylation is 1. The molecular weight excluding hydrogens is 353 g/mol. The first-order valence-corrected chi connectivity index (χ1v) is 8.14. The van der Waals surface area contributed by atoms with Crippen LogP contribution in [0.4, 0.5) is 14.9 Å². The molecule has 1 saturated heterocycles. The van der Waals surface area contributed by atoms with Crippen molar-refractivity contribution in [3.63, 3.8) is 0 Å². The lowest BCUT2D eigenvalue weighted by Crippen LogP contribution is -2.39. The van der Waals surface area contributed by atoms with E-state index in [0.29, 0.717) is 16.0 Å². The summed E-state index contributed by atoms with van der Waals surface area (Å²) in [5, 5.41) is 2.44. The maximum Gasteiger partial charge on any atom is 0.335 e. The second kappa shape index (κ2) is 7.36. The second-order valence-corrected chi connectivity index (χ2v) is 6.06. The number of amides is 5. The Morgan fingerprint density at radius 3 is 2.37 bits per heavy atom. The molecule has 2 aromatic carbocycles. The molecule has 0 spiro atoms.